The van der Waals surface area contributed by atoms with E-state index in [1.807, 2.05) is 23.6 Å². The Balaban J connectivity index is 2.35. The van der Waals surface area contributed by atoms with Crippen molar-refractivity contribution in [3.63, 3.8) is 0 Å². The van der Waals surface area contributed by atoms with Gasteiger partial charge >= 0.3 is 5.97 Å². The molecule has 3 rings (SSSR count). The van der Waals surface area contributed by atoms with Crippen molar-refractivity contribution < 1.29 is 23.4 Å². The summed E-state index contributed by atoms with van der Waals surface area (Å²) in [6.45, 7) is 7.60. The first-order valence-corrected chi connectivity index (χ1v) is 12.7. The number of aryl methyl sites for hydroxylation is 1. The number of carboxylic acid groups (broad SMARTS) is 1. The first-order valence-electron chi connectivity index (χ1n) is 10.4. The van der Waals surface area contributed by atoms with Crippen LogP contribution in [0.2, 0.25) is 0 Å². The summed E-state index contributed by atoms with van der Waals surface area (Å²) in [4.78, 5) is 11.7. The van der Waals surface area contributed by atoms with E-state index in [0.29, 0.717) is 30.0 Å². The van der Waals surface area contributed by atoms with E-state index in [4.69, 9.17) is 11.6 Å². The smallest absolute Gasteiger partial charge is 0.304 e. The minimum atomic E-state index is -3.50. The molecule has 0 bridgehead atoms. The van der Waals surface area contributed by atoms with Crippen molar-refractivity contribution in [3.8, 4) is 0 Å². The topological polar surface area (TPSA) is 96.6 Å². The SMILES string of the molecule is C=C(Cl)/C=C\C(=C/C)Cn1c2c(c3cc(S(C)(=O)=O)cc(C(C)O)c31)CC[C@@H]2CC(=O)O. The van der Waals surface area contributed by atoms with Crippen LogP contribution in [-0.4, -0.2) is 35.4 Å². The van der Waals surface area contributed by atoms with Crippen molar-refractivity contribution in [1.82, 2.24) is 4.57 Å². The second-order valence-corrected chi connectivity index (χ2v) is 10.8. The first kappa shape index (κ1) is 24.3. The van der Waals surface area contributed by atoms with Gasteiger partial charge in [-0.1, -0.05) is 30.3 Å². The standard InChI is InChI=1S/C24H28ClNO5S/c1-5-16(7-6-14(2)25)13-26-23-17(10-22(28)29)8-9-19(23)21-12-18(32(4,30)31)11-20(15(3)27)24(21)26/h5-7,11-12,15,17,27H,2,8-10,13H2,1,3-4H3,(H,28,29)/b7-6-,16-5+/t15?,17-/m1/s1. The highest BCUT2D eigenvalue weighted by Gasteiger charge is 2.33. The van der Waals surface area contributed by atoms with Crippen molar-refractivity contribution in [2.75, 3.05) is 6.26 Å². The Hall–Kier alpha value is -2.35. The predicted molar refractivity (Wildman–Crippen MR) is 127 cm³/mol. The molecular weight excluding hydrogens is 450 g/mol. The number of fused-ring (bicyclic) bond motifs is 3. The number of sulfone groups is 1. The largest absolute Gasteiger partial charge is 0.481 e. The van der Waals surface area contributed by atoms with E-state index in [1.165, 1.54) is 6.07 Å². The number of aromatic nitrogens is 1. The van der Waals surface area contributed by atoms with Crippen molar-refractivity contribution in [3.05, 3.63) is 64.4 Å². The Morgan fingerprint density at radius 1 is 1.38 bits per heavy atom. The Bertz CT molecular complexity index is 1250. The van der Waals surface area contributed by atoms with Gasteiger partial charge in [-0.05, 0) is 56.0 Å². The third kappa shape index (κ3) is 4.85. The van der Waals surface area contributed by atoms with Gasteiger partial charge in [-0.2, -0.15) is 0 Å². The quantitative estimate of drug-likeness (QED) is 0.529. The molecule has 0 spiro atoms. The molecule has 0 aliphatic heterocycles. The molecule has 1 aromatic heterocycles. The summed E-state index contributed by atoms with van der Waals surface area (Å²) in [6.07, 6.45) is 7.04. The highest BCUT2D eigenvalue weighted by atomic mass is 35.5. The molecule has 1 heterocycles. The molecule has 6 nitrogen and oxygen atoms in total. The molecule has 1 aliphatic rings. The minimum absolute atomic E-state index is 0.00817. The molecule has 0 saturated carbocycles. The zero-order chi connectivity index (χ0) is 23.8. The van der Waals surface area contributed by atoms with E-state index in [9.17, 15) is 23.4 Å². The van der Waals surface area contributed by atoms with Crippen LogP contribution < -0.4 is 0 Å². The maximum atomic E-state index is 12.3. The van der Waals surface area contributed by atoms with Crippen LogP contribution in [0.5, 0.6) is 0 Å². The number of rotatable bonds is 8. The molecule has 1 aliphatic carbocycles. The summed E-state index contributed by atoms with van der Waals surface area (Å²) in [6, 6.07) is 3.17. The van der Waals surface area contributed by atoms with E-state index in [2.05, 4.69) is 6.58 Å². The number of benzene rings is 1. The Morgan fingerprint density at radius 3 is 2.59 bits per heavy atom. The maximum absolute atomic E-state index is 12.3. The number of aliphatic carboxylic acids is 1. The molecule has 2 aromatic rings. The molecule has 2 atom stereocenters. The van der Waals surface area contributed by atoms with Crippen LogP contribution in [-0.2, 0) is 27.6 Å². The normalized spacial score (nSPS) is 17.8. The molecule has 32 heavy (non-hydrogen) atoms. The van der Waals surface area contributed by atoms with E-state index >= 15 is 0 Å². The van der Waals surface area contributed by atoms with E-state index in [0.717, 1.165) is 34.0 Å². The second-order valence-electron chi connectivity index (χ2n) is 8.28. The fourth-order valence-electron chi connectivity index (χ4n) is 4.49. The summed E-state index contributed by atoms with van der Waals surface area (Å²) in [5, 5.41) is 21.1. The number of hydrogen-bond acceptors (Lipinski definition) is 4. The summed E-state index contributed by atoms with van der Waals surface area (Å²) >= 11 is 5.89. The van der Waals surface area contributed by atoms with E-state index < -0.39 is 21.9 Å². The zero-order valence-electron chi connectivity index (χ0n) is 18.4. The first-order chi connectivity index (χ1) is 14.9. The molecule has 1 aromatic carbocycles. The number of hydrogen-bond donors (Lipinski definition) is 2. The van der Waals surface area contributed by atoms with Crippen molar-refractivity contribution >= 4 is 38.3 Å². The van der Waals surface area contributed by atoms with Crippen LogP contribution in [0, 0.1) is 0 Å². The number of carboxylic acids is 1. The third-order valence-electron chi connectivity index (χ3n) is 5.93. The van der Waals surface area contributed by atoms with Gasteiger partial charge in [0.2, 0.25) is 0 Å². The van der Waals surface area contributed by atoms with Crippen LogP contribution in [0.1, 0.15) is 55.5 Å². The van der Waals surface area contributed by atoms with E-state index in [1.54, 1.807) is 19.1 Å². The number of allylic oxidation sites excluding steroid dienone is 5. The van der Waals surface area contributed by atoms with Crippen LogP contribution in [0.3, 0.4) is 0 Å². The van der Waals surface area contributed by atoms with Gasteiger partial charge in [0.05, 0.1) is 22.9 Å². The molecule has 1 unspecified atom stereocenters. The lowest BCUT2D eigenvalue weighted by atomic mass is 10.0. The molecule has 0 saturated heterocycles. The number of aliphatic hydroxyl groups excluding tert-OH is 1. The summed E-state index contributed by atoms with van der Waals surface area (Å²) in [5.74, 6) is -1.07. The number of halogens is 1. The second kappa shape index (κ2) is 9.25. The monoisotopic (exact) mass is 477 g/mol. The Kier molecular flexibility index (Phi) is 7.03. The Morgan fingerprint density at radius 2 is 2.06 bits per heavy atom. The average molecular weight is 478 g/mol. The van der Waals surface area contributed by atoms with Gasteiger partial charge in [0, 0.05) is 40.4 Å². The molecule has 8 heteroatoms. The maximum Gasteiger partial charge on any atom is 0.304 e. The van der Waals surface area contributed by atoms with E-state index in [-0.39, 0.29) is 17.2 Å². The van der Waals surface area contributed by atoms with Crippen molar-refractivity contribution in [2.24, 2.45) is 0 Å². The van der Waals surface area contributed by atoms with Crippen LogP contribution in [0.25, 0.3) is 10.9 Å². The minimum Gasteiger partial charge on any atom is -0.481 e. The number of carbonyl (C=O) groups is 1. The summed E-state index contributed by atoms with van der Waals surface area (Å²) < 4.78 is 26.7. The highest BCUT2D eigenvalue weighted by Crippen LogP contribution is 2.44. The van der Waals surface area contributed by atoms with Crippen molar-refractivity contribution in [2.45, 2.75) is 56.6 Å². The number of nitrogens with zero attached hydrogens (tertiary/aromatic N) is 1. The average Bonchev–Trinajstić information content (AvgIpc) is 3.22. The Labute approximate surface area is 193 Å². The molecule has 0 radical (unpaired) electrons. The molecule has 2 N–H and O–H groups in total. The van der Waals surface area contributed by atoms with Gasteiger partial charge in [-0.15, -0.1) is 0 Å². The highest BCUT2D eigenvalue weighted by molar-refractivity contribution is 7.90. The van der Waals surface area contributed by atoms with Gasteiger partial charge in [0.15, 0.2) is 9.84 Å². The molecule has 172 valence electrons. The van der Waals surface area contributed by atoms with Gasteiger partial charge in [0.1, 0.15) is 0 Å². The van der Waals surface area contributed by atoms with Crippen LogP contribution in [0.15, 0.2) is 52.4 Å². The lowest BCUT2D eigenvalue weighted by Crippen LogP contribution is -2.12. The lowest BCUT2D eigenvalue weighted by Gasteiger charge is -2.19. The fraction of sp³-hybridized carbons (Fsp3) is 0.375. The van der Waals surface area contributed by atoms with Crippen LogP contribution in [0.4, 0.5) is 0 Å². The van der Waals surface area contributed by atoms with Gasteiger partial charge in [-0.3, -0.25) is 4.79 Å². The zero-order valence-corrected chi connectivity index (χ0v) is 20.0. The summed E-state index contributed by atoms with van der Waals surface area (Å²) in [7, 11) is -3.50. The fourth-order valence-corrected chi connectivity index (χ4v) is 5.23. The van der Waals surface area contributed by atoms with Gasteiger partial charge in [-0.25, -0.2) is 8.42 Å². The van der Waals surface area contributed by atoms with Crippen molar-refractivity contribution in [1.29, 1.82) is 0 Å². The van der Waals surface area contributed by atoms with Crippen LogP contribution >= 0.6 is 11.6 Å². The predicted octanol–water partition coefficient (Wildman–Crippen LogP) is 4.86. The van der Waals surface area contributed by atoms with Gasteiger partial charge in [0.25, 0.3) is 0 Å². The molecule has 0 amide bonds. The van der Waals surface area contributed by atoms with Gasteiger partial charge < -0.3 is 14.8 Å². The molecule has 0 fully saturated rings. The molecular formula is C24H28ClNO5S. The third-order valence-corrected chi connectivity index (χ3v) is 7.14. The number of aliphatic hydroxyl groups is 1. The summed E-state index contributed by atoms with van der Waals surface area (Å²) in [5.41, 5.74) is 4.03. The lowest BCUT2D eigenvalue weighted by molar-refractivity contribution is -0.137.